The van der Waals surface area contributed by atoms with Gasteiger partial charge in [0.2, 0.25) is 0 Å². The van der Waals surface area contributed by atoms with E-state index < -0.39 is 0 Å². The molecule has 104 valence electrons. The van der Waals surface area contributed by atoms with Crippen molar-refractivity contribution in [3.8, 4) is 0 Å². The van der Waals surface area contributed by atoms with Crippen LogP contribution in [0.15, 0.2) is 12.4 Å². The second-order valence-electron chi connectivity index (χ2n) is 6.29. The van der Waals surface area contributed by atoms with Gasteiger partial charge in [-0.3, -0.25) is 9.48 Å². The zero-order chi connectivity index (χ0) is 13.4. The molecule has 1 saturated heterocycles. The Morgan fingerprint density at radius 3 is 2.95 bits per heavy atom. The number of fused-ring (bicyclic) bond motifs is 1. The van der Waals surface area contributed by atoms with E-state index in [-0.39, 0.29) is 5.91 Å². The Kier molecular flexibility index (Phi) is 3.33. The van der Waals surface area contributed by atoms with Crippen LogP contribution in [-0.2, 0) is 7.05 Å². The van der Waals surface area contributed by atoms with Crippen LogP contribution >= 0.6 is 0 Å². The van der Waals surface area contributed by atoms with Crippen LogP contribution in [0.5, 0.6) is 0 Å². The fourth-order valence-corrected chi connectivity index (χ4v) is 3.84. The normalized spacial score (nSPS) is 31.1. The summed E-state index contributed by atoms with van der Waals surface area (Å²) in [5, 5.41) is 4.12. The number of likely N-dealkylation sites (tertiary alicyclic amines) is 1. The van der Waals surface area contributed by atoms with Crippen LogP contribution in [0, 0.1) is 11.8 Å². The van der Waals surface area contributed by atoms with Gasteiger partial charge in [-0.1, -0.05) is 6.92 Å². The lowest BCUT2D eigenvalue weighted by atomic mass is 9.74. The van der Waals surface area contributed by atoms with Gasteiger partial charge in [-0.2, -0.15) is 5.10 Å². The lowest BCUT2D eigenvalue weighted by Crippen LogP contribution is -2.50. The van der Waals surface area contributed by atoms with E-state index in [9.17, 15) is 4.79 Å². The van der Waals surface area contributed by atoms with E-state index >= 15 is 0 Å². The maximum Gasteiger partial charge on any atom is 0.257 e. The van der Waals surface area contributed by atoms with E-state index in [1.807, 2.05) is 13.2 Å². The summed E-state index contributed by atoms with van der Waals surface area (Å²) < 4.78 is 1.71. The number of rotatable bonds is 1. The first-order chi connectivity index (χ1) is 9.15. The van der Waals surface area contributed by atoms with Crippen molar-refractivity contribution in [1.82, 2.24) is 14.7 Å². The molecule has 2 fully saturated rings. The summed E-state index contributed by atoms with van der Waals surface area (Å²) in [5.41, 5.74) is 0.738. The number of hydrogen-bond acceptors (Lipinski definition) is 2. The summed E-state index contributed by atoms with van der Waals surface area (Å²) in [7, 11) is 1.86. The van der Waals surface area contributed by atoms with Gasteiger partial charge >= 0.3 is 0 Å². The molecule has 3 rings (SSSR count). The van der Waals surface area contributed by atoms with Gasteiger partial charge < -0.3 is 4.90 Å². The molecule has 1 aromatic heterocycles. The molecular formula is C15H23N3O. The minimum absolute atomic E-state index is 0.178. The van der Waals surface area contributed by atoms with Crippen molar-refractivity contribution in [1.29, 1.82) is 0 Å². The zero-order valence-corrected chi connectivity index (χ0v) is 11.9. The van der Waals surface area contributed by atoms with E-state index in [0.717, 1.165) is 30.4 Å². The van der Waals surface area contributed by atoms with Crippen molar-refractivity contribution in [2.45, 2.75) is 45.1 Å². The smallest absolute Gasteiger partial charge is 0.257 e. The summed E-state index contributed by atoms with van der Waals surface area (Å²) >= 11 is 0. The van der Waals surface area contributed by atoms with E-state index in [2.05, 4.69) is 16.9 Å². The van der Waals surface area contributed by atoms with Gasteiger partial charge in [0.1, 0.15) is 0 Å². The Labute approximate surface area is 114 Å². The maximum absolute atomic E-state index is 12.6. The molecule has 2 aliphatic rings. The predicted molar refractivity (Wildman–Crippen MR) is 73.8 cm³/mol. The summed E-state index contributed by atoms with van der Waals surface area (Å²) in [6, 6.07) is 0.470. The molecule has 1 aliphatic heterocycles. The third-order valence-electron chi connectivity index (χ3n) is 4.79. The summed E-state index contributed by atoms with van der Waals surface area (Å²) in [6.07, 6.45) is 9.71. The Hall–Kier alpha value is -1.32. The number of aryl methyl sites for hydroxylation is 1. The van der Waals surface area contributed by atoms with Crippen molar-refractivity contribution in [2.24, 2.45) is 18.9 Å². The highest BCUT2D eigenvalue weighted by Crippen LogP contribution is 2.38. The van der Waals surface area contributed by atoms with Crippen molar-refractivity contribution in [3.63, 3.8) is 0 Å². The summed E-state index contributed by atoms with van der Waals surface area (Å²) in [4.78, 5) is 14.7. The van der Waals surface area contributed by atoms with Crippen LogP contribution in [0.1, 0.15) is 49.4 Å². The lowest BCUT2D eigenvalue weighted by Gasteiger charge is -2.45. The molecule has 0 spiro atoms. The van der Waals surface area contributed by atoms with E-state index in [0.29, 0.717) is 6.04 Å². The van der Waals surface area contributed by atoms with Crippen molar-refractivity contribution < 1.29 is 4.79 Å². The van der Waals surface area contributed by atoms with Crippen LogP contribution in [-0.4, -0.2) is 33.2 Å². The molecule has 1 saturated carbocycles. The third kappa shape index (κ3) is 2.40. The molecule has 2 heterocycles. The Morgan fingerprint density at radius 2 is 2.21 bits per heavy atom. The number of nitrogens with zero attached hydrogens (tertiary/aromatic N) is 3. The number of piperidine rings is 1. The van der Waals surface area contributed by atoms with Crippen LogP contribution < -0.4 is 0 Å². The molecule has 1 aromatic rings. The highest BCUT2D eigenvalue weighted by Gasteiger charge is 2.37. The Bertz CT molecular complexity index is 468. The average Bonchev–Trinajstić information content (AvgIpc) is 2.83. The second kappa shape index (κ2) is 4.99. The number of carbonyl (C=O) groups is 1. The van der Waals surface area contributed by atoms with Crippen molar-refractivity contribution in [2.75, 3.05) is 6.54 Å². The Balaban J connectivity index is 1.78. The first-order valence-corrected chi connectivity index (χ1v) is 7.45. The van der Waals surface area contributed by atoms with E-state index in [4.69, 9.17) is 0 Å². The van der Waals surface area contributed by atoms with Crippen molar-refractivity contribution >= 4 is 5.91 Å². The molecular weight excluding hydrogens is 238 g/mol. The molecule has 0 aromatic carbocycles. The van der Waals surface area contributed by atoms with Gasteiger partial charge in [-0.05, 0) is 43.9 Å². The average molecular weight is 261 g/mol. The van der Waals surface area contributed by atoms with Gasteiger partial charge in [0.25, 0.3) is 5.91 Å². The van der Waals surface area contributed by atoms with Gasteiger partial charge in [0.15, 0.2) is 0 Å². The molecule has 1 amide bonds. The van der Waals surface area contributed by atoms with Crippen LogP contribution in [0.2, 0.25) is 0 Å². The van der Waals surface area contributed by atoms with Gasteiger partial charge in [-0.15, -0.1) is 0 Å². The molecule has 0 radical (unpaired) electrons. The third-order valence-corrected chi connectivity index (χ3v) is 4.79. The Morgan fingerprint density at radius 1 is 1.37 bits per heavy atom. The van der Waals surface area contributed by atoms with Crippen molar-refractivity contribution in [3.05, 3.63) is 18.0 Å². The quantitative estimate of drug-likeness (QED) is 0.779. The number of carbonyl (C=O) groups excluding carboxylic acids is 1. The zero-order valence-electron chi connectivity index (χ0n) is 11.9. The standard InChI is InChI=1S/C15H23N3O/c1-11-5-6-14-12(8-11)4-3-7-18(14)15(19)13-9-16-17(2)10-13/h9-12,14H,3-8H2,1-2H3/t11-,12-,14-/m1/s1. The van der Waals surface area contributed by atoms with Gasteiger partial charge in [0.05, 0.1) is 11.8 Å². The minimum Gasteiger partial charge on any atom is -0.335 e. The molecule has 1 aliphatic carbocycles. The molecule has 4 nitrogen and oxygen atoms in total. The monoisotopic (exact) mass is 261 g/mol. The lowest BCUT2D eigenvalue weighted by molar-refractivity contribution is 0.0322. The van der Waals surface area contributed by atoms with Crippen LogP contribution in [0.3, 0.4) is 0 Å². The SMILES string of the molecule is C[C@@H]1CC[C@@H]2[C@H](CCCN2C(=O)c2cnn(C)c2)C1. The van der Waals surface area contributed by atoms with Crippen LogP contribution in [0.4, 0.5) is 0 Å². The largest absolute Gasteiger partial charge is 0.335 e. The van der Waals surface area contributed by atoms with E-state index in [1.165, 1.54) is 25.7 Å². The number of amides is 1. The molecule has 3 atom stereocenters. The summed E-state index contributed by atoms with van der Waals surface area (Å²) in [5.74, 6) is 1.73. The minimum atomic E-state index is 0.178. The van der Waals surface area contributed by atoms with Gasteiger partial charge in [0, 0.05) is 25.8 Å². The topological polar surface area (TPSA) is 38.1 Å². The fourth-order valence-electron chi connectivity index (χ4n) is 3.84. The second-order valence-corrected chi connectivity index (χ2v) is 6.29. The summed E-state index contributed by atoms with van der Waals surface area (Å²) in [6.45, 7) is 3.27. The first-order valence-electron chi connectivity index (χ1n) is 7.45. The number of hydrogen-bond donors (Lipinski definition) is 0. The van der Waals surface area contributed by atoms with Crippen LogP contribution in [0.25, 0.3) is 0 Å². The predicted octanol–water partition coefficient (Wildman–Crippen LogP) is 2.46. The molecule has 4 heteroatoms. The highest BCUT2D eigenvalue weighted by molar-refractivity contribution is 5.94. The number of aromatic nitrogens is 2. The molecule has 0 N–H and O–H groups in total. The fraction of sp³-hybridized carbons (Fsp3) is 0.733. The highest BCUT2D eigenvalue weighted by atomic mass is 16.2. The molecule has 19 heavy (non-hydrogen) atoms. The molecule has 0 bridgehead atoms. The maximum atomic E-state index is 12.6. The first kappa shape index (κ1) is 12.7. The van der Waals surface area contributed by atoms with Gasteiger partial charge in [-0.25, -0.2) is 0 Å². The van der Waals surface area contributed by atoms with E-state index in [1.54, 1.807) is 10.9 Å². The molecule has 0 unspecified atom stereocenters.